The molecule has 1 aliphatic heterocycles. The van der Waals surface area contributed by atoms with E-state index in [4.69, 9.17) is 5.73 Å². The predicted octanol–water partition coefficient (Wildman–Crippen LogP) is 2.31. The van der Waals surface area contributed by atoms with Gasteiger partial charge in [0.2, 0.25) is 0 Å². The van der Waals surface area contributed by atoms with Gasteiger partial charge in [-0.15, -0.1) is 29.9 Å². The van der Waals surface area contributed by atoms with Crippen LogP contribution in [0.25, 0.3) is 0 Å². The summed E-state index contributed by atoms with van der Waals surface area (Å²) in [5, 5.41) is 8.33. The number of nitrogens with zero attached hydrogens (tertiary/aromatic N) is 5. The van der Waals surface area contributed by atoms with E-state index >= 15 is 0 Å². The molecule has 2 aliphatic rings. The molecule has 2 aromatic heterocycles. The maximum absolute atomic E-state index is 12.7. The van der Waals surface area contributed by atoms with E-state index in [1.165, 1.54) is 0 Å². The lowest BCUT2D eigenvalue weighted by molar-refractivity contribution is 0.0705. The first kappa shape index (κ1) is 21.7. The van der Waals surface area contributed by atoms with Gasteiger partial charge in [-0.3, -0.25) is 4.79 Å². The number of carbonyl (C=O) groups excluding carboxylic acids is 1. The molecule has 0 atom stereocenters. The Kier molecular flexibility index (Phi) is 7.64. The molecular formula is C17H27Cl2N7O. The first-order valence-corrected chi connectivity index (χ1v) is 9.16. The minimum atomic E-state index is -0.0170. The van der Waals surface area contributed by atoms with Crippen LogP contribution in [0.3, 0.4) is 0 Å². The fourth-order valence-corrected chi connectivity index (χ4v) is 3.94. The number of carbonyl (C=O) groups is 1. The van der Waals surface area contributed by atoms with Crippen molar-refractivity contribution in [1.82, 2.24) is 29.9 Å². The summed E-state index contributed by atoms with van der Waals surface area (Å²) in [5.41, 5.74) is 6.41. The number of amides is 1. The molecule has 2 aromatic rings. The number of nitrogens with one attached hydrogen (secondary N) is 1. The van der Waals surface area contributed by atoms with Crippen LogP contribution in [-0.4, -0.2) is 54.9 Å². The van der Waals surface area contributed by atoms with E-state index < -0.39 is 0 Å². The lowest BCUT2D eigenvalue weighted by atomic mass is 9.92. The number of rotatable bonds is 3. The van der Waals surface area contributed by atoms with Crippen molar-refractivity contribution in [3.8, 4) is 0 Å². The Morgan fingerprint density at radius 2 is 1.81 bits per heavy atom. The van der Waals surface area contributed by atoms with Crippen LogP contribution < -0.4 is 5.73 Å². The number of aromatic amines is 1. The monoisotopic (exact) mass is 415 g/mol. The molecule has 0 aromatic carbocycles. The molecule has 0 unspecified atom stereocenters. The number of aromatic nitrogens is 5. The highest BCUT2D eigenvalue weighted by Crippen LogP contribution is 2.28. The van der Waals surface area contributed by atoms with Gasteiger partial charge < -0.3 is 15.6 Å². The van der Waals surface area contributed by atoms with Crippen molar-refractivity contribution < 1.29 is 4.79 Å². The Balaban J connectivity index is 0.00000131. The first-order valence-electron chi connectivity index (χ1n) is 9.16. The molecule has 1 aliphatic carbocycles. The normalized spacial score (nSPS) is 23.4. The predicted molar refractivity (Wildman–Crippen MR) is 106 cm³/mol. The van der Waals surface area contributed by atoms with Gasteiger partial charge in [-0.2, -0.15) is 0 Å². The quantitative estimate of drug-likeness (QED) is 0.799. The second-order valence-electron chi connectivity index (χ2n) is 7.19. The number of nitrogens with two attached hydrogens (primary N) is 1. The van der Waals surface area contributed by atoms with Crippen LogP contribution in [0.4, 0.5) is 0 Å². The molecule has 150 valence electrons. The summed E-state index contributed by atoms with van der Waals surface area (Å²) in [6.45, 7) is 1.46. The lowest BCUT2D eigenvalue weighted by Crippen LogP contribution is -2.38. The van der Waals surface area contributed by atoms with Crippen LogP contribution in [-0.2, 0) is 0 Å². The molecule has 1 saturated heterocycles. The summed E-state index contributed by atoms with van der Waals surface area (Å²) >= 11 is 0. The van der Waals surface area contributed by atoms with E-state index in [1.807, 2.05) is 22.0 Å². The largest absolute Gasteiger partial charge is 0.348 e. The summed E-state index contributed by atoms with van der Waals surface area (Å²) in [7, 11) is 0. The minimum Gasteiger partial charge on any atom is -0.348 e. The Labute approximate surface area is 171 Å². The zero-order chi connectivity index (χ0) is 17.2. The van der Waals surface area contributed by atoms with Crippen molar-refractivity contribution in [2.24, 2.45) is 5.73 Å². The summed E-state index contributed by atoms with van der Waals surface area (Å²) in [6, 6.07) is 0.620. The molecule has 2 fully saturated rings. The van der Waals surface area contributed by atoms with Gasteiger partial charge in [0.15, 0.2) is 5.69 Å². The minimum absolute atomic E-state index is 0. The third-order valence-corrected chi connectivity index (χ3v) is 5.53. The molecular weight excluding hydrogens is 389 g/mol. The van der Waals surface area contributed by atoms with E-state index in [0.717, 1.165) is 57.4 Å². The number of halogens is 2. The third kappa shape index (κ3) is 4.80. The number of H-pyrrole nitrogens is 1. The highest BCUT2D eigenvalue weighted by atomic mass is 35.5. The molecule has 0 spiro atoms. The summed E-state index contributed by atoms with van der Waals surface area (Å²) in [5.74, 6) is 1.41. The number of likely N-dealkylation sites (tertiary alicyclic amines) is 1. The van der Waals surface area contributed by atoms with E-state index in [2.05, 4.69) is 20.3 Å². The van der Waals surface area contributed by atoms with Crippen LogP contribution >= 0.6 is 24.8 Å². The molecule has 3 N–H and O–H groups in total. The summed E-state index contributed by atoms with van der Waals surface area (Å²) in [4.78, 5) is 22.1. The van der Waals surface area contributed by atoms with Crippen molar-refractivity contribution in [2.45, 2.75) is 56.5 Å². The Bertz CT molecular complexity index is 705. The van der Waals surface area contributed by atoms with Gasteiger partial charge in [0.1, 0.15) is 5.82 Å². The van der Waals surface area contributed by atoms with Crippen molar-refractivity contribution in [3.05, 3.63) is 30.1 Å². The van der Waals surface area contributed by atoms with E-state index in [0.29, 0.717) is 23.7 Å². The first-order chi connectivity index (χ1) is 12.2. The second-order valence-corrected chi connectivity index (χ2v) is 7.19. The van der Waals surface area contributed by atoms with Crippen molar-refractivity contribution >= 4 is 30.7 Å². The van der Waals surface area contributed by atoms with E-state index in [9.17, 15) is 4.79 Å². The van der Waals surface area contributed by atoms with Crippen LogP contribution in [0.2, 0.25) is 0 Å². The molecule has 8 nitrogen and oxygen atoms in total. The van der Waals surface area contributed by atoms with Gasteiger partial charge in [0.05, 0.1) is 12.2 Å². The van der Waals surface area contributed by atoms with Crippen molar-refractivity contribution in [3.63, 3.8) is 0 Å². The number of piperidine rings is 1. The highest BCUT2D eigenvalue weighted by molar-refractivity contribution is 5.92. The lowest BCUT2D eigenvalue weighted by Gasteiger charge is -2.30. The molecule has 10 heteroatoms. The summed E-state index contributed by atoms with van der Waals surface area (Å²) in [6.07, 6.45) is 11.3. The Morgan fingerprint density at radius 1 is 1.11 bits per heavy atom. The van der Waals surface area contributed by atoms with Crippen molar-refractivity contribution in [1.29, 1.82) is 0 Å². The highest BCUT2D eigenvalue weighted by Gasteiger charge is 2.28. The maximum atomic E-state index is 12.7. The second kappa shape index (κ2) is 9.52. The van der Waals surface area contributed by atoms with Crippen LogP contribution in [0, 0.1) is 0 Å². The average Bonchev–Trinajstić information content (AvgIpc) is 3.34. The van der Waals surface area contributed by atoms with Gasteiger partial charge in [0, 0.05) is 37.4 Å². The molecule has 27 heavy (non-hydrogen) atoms. The molecule has 0 bridgehead atoms. The zero-order valence-electron chi connectivity index (χ0n) is 15.2. The maximum Gasteiger partial charge on any atom is 0.276 e. The standard InChI is InChI=1S/C17H25N7O.2ClH/c18-13-1-3-14(4-2-13)24-11-15(21-22-24)17(25)23-9-5-12(6-10-23)16-19-7-8-20-16;;/h7-8,11-14H,1-6,9-10,18H2,(H,19,20);2*1H. The number of hydrogen-bond donors (Lipinski definition) is 2. The number of imidazole rings is 1. The van der Waals surface area contributed by atoms with Crippen LogP contribution in [0.5, 0.6) is 0 Å². The van der Waals surface area contributed by atoms with Gasteiger partial charge >= 0.3 is 0 Å². The topological polar surface area (TPSA) is 106 Å². The van der Waals surface area contributed by atoms with E-state index in [1.54, 1.807) is 6.20 Å². The fraction of sp³-hybridized carbons (Fsp3) is 0.647. The molecule has 1 saturated carbocycles. The Morgan fingerprint density at radius 3 is 2.44 bits per heavy atom. The Hall–Kier alpha value is -1.64. The summed E-state index contributed by atoms with van der Waals surface area (Å²) < 4.78 is 1.86. The van der Waals surface area contributed by atoms with Gasteiger partial charge in [-0.1, -0.05) is 5.21 Å². The SMILES string of the molecule is Cl.Cl.NC1CCC(n2cc(C(=O)N3CCC(c4ncc[nH]4)CC3)nn2)CC1. The van der Waals surface area contributed by atoms with Gasteiger partial charge in [-0.05, 0) is 38.5 Å². The fourth-order valence-electron chi connectivity index (χ4n) is 3.94. The number of hydrogen-bond acceptors (Lipinski definition) is 5. The van der Waals surface area contributed by atoms with Crippen LogP contribution in [0.15, 0.2) is 18.6 Å². The zero-order valence-corrected chi connectivity index (χ0v) is 16.8. The third-order valence-electron chi connectivity index (χ3n) is 5.53. The smallest absolute Gasteiger partial charge is 0.276 e. The molecule has 1 amide bonds. The average molecular weight is 416 g/mol. The molecule has 4 rings (SSSR count). The van der Waals surface area contributed by atoms with Crippen molar-refractivity contribution in [2.75, 3.05) is 13.1 Å². The molecule has 0 radical (unpaired) electrons. The van der Waals surface area contributed by atoms with Gasteiger partial charge in [0.25, 0.3) is 5.91 Å². The molecule has 3 heterocycles. The van der Waals surface area contributed by atoms with E-state index in [-0.39, 0.29) is 30.7 Å². The van der Waals surface area contributed by atoms with Gasteiger partial charge in [-0.25, -0.2) is 9.67 Å². The van der Waals surface area contributed by atoms with Crippen LogP contribution in [0.1, 0.15) is 66.8 Å².